The topological polar surface area (TPSA) is 144 Å². The lowest BCUT2D eigenvalue weighted by Crippen LogP contribution is -2.37. The van der Waals surface area contributed by atoms with E-state index in [0.717, 1.165) is 24.3 Å². The largest absolute Gasteiger partial charge is 0.285 e. The van der Waals surface area contributed by atoms with Crippen LogP contribution in [0.3, 0.4) is 0 Å². The Bertz CT molecular complexity index is 836. The van der Waals surface area contributed by atoms with Crippen LogP contribution in [-0.4, -0.2) is 31.9 Å². The minimum absolute atomic E-state index is 0.00296. The predicted molar refractivity (Wildman–Crippen MR) is 69.5 cm³/mol. The first-order chi connectivity index (χ1) is 10.3. The molecule has 1 N–H and O–H groups in total. The monoisotopic (exact) mass is 303 g/mol. The number of rotatable bonds is 2. The summed E-state index contributed by atoms with van der Waals surface area (Å²) >= 11 is 0. The zero-order valence-corrected chi connectivity index (χ0v) is 10.5. The molecule has 10 nitrogen and oxygen atoms in total. The van der Waals surface area contributed by atoms with Gasteiger partial charge >= 0.3 is 0 Å². The van der Waals surface area contributed by atoms with Gasteiger partial charge in [0.2, 0.25) is 0 Å². The van der Waals surface area contributed by atoms with Gasteiger partial charge < -0.3 is 0 Å². The van der Waals surface area contributed by atoms with Crippen LogP contribution >= 0.6 is 0 Å². The minimum Gasteiger partial charge on any atom is -0.278 e. The molecule has 0 spiro atoms. The zero-order valence-electron chi connectivity index (χ0n) is 10.5. The fraction of sp³-hybridized carbons (Fsp3) is 0. The molecule has 0 aliphatic carbocycles. The van der Waals surface area contributed by atoms with Crippen molar-refractivity contribution in [3.05, 3.63) is 55.6 Å². The number of hydroxylamine groups is 2. The summed E-state index contributed by atoms with van der Waals surface area (Å²) < 4.78 is 0. The normalized spacial score (nSPS) is 13.6. The summed E-state index contributed by atoms with van der Waals surface area (Å²) in [5.41, 5.74) is -1.50. The van der Waals surface area contributed by atoms with Gasteiger partial charge in [0.15, 0.2) is 0 Å². The lowest BCUT2D eigenvalue weighted by Gasteiger charge is -2.21. The van der Waals surface area contributed by atoms with Crippen LogP contribution < -0.4 is 0 Å². The molecule has 1 heterocycles. The van der Waals surface area contributed by atoms with Crippen molar-refractivity contribution in [3.63, 3.8) is 0 Å². The number of non-ortho nitro benzene ring substituents is 2. The molecule has 2 amide bonds. The van der Waals surface area contributed by atoms with Gasteiger partial charge in [0.1, 0.15) is 0 Å². The first-order valence-corrected chi connectivity index (χ1v) is 5.79. The maximum absolute atomic E-state index is 11.9. The Morgan fingerprint density at radius 3 is 1.64 bits per heavy atom. The molecular weight excluding hydrogens is 298 g/mol. The number of amides is 2. The van der Waals surface area contributed by atoms with E-state index in [4.69, 9.17) is 0 Å². The molecule has 0 fully saturated rings. The Kier molecular flexibility index (Phi) is 2.65. The smallest absolute Gasteiger partial charge is 0.278 e. The zero-order chi connectivity index (χ0) is 16.2. The Hall–Kier alpha value is -3.40. The van der Waals surface area contributed by atoms with Crippen molar-refractivity contribution in [1.29, 1.82) is 0 Å². The number of benzene rings is 2. The van der Waals surface area contributed by atoms with Gasteiger partial charge in [0.05, 0.1) is 21.0 Å². The van der Waals surface area contributed by atoms with Gasteiger partial charge in [0, 0.05) is 29.7 Å². The van der Waals surface area contributed by atoms with Crippen molar-refractivity contribution in [2.24, 2.45) is 0 Å². The van der Waals surface area contributed by atoms with Crippen molar-refractivity contribution in [2.75, 3.05) is 0 Å². The van der Waals surface area contributed by atoms with Crippen LogP contribution in [0.4, 0.5) is 11.4 Å². The molecule has 0 radical (unpaired) electrons. The molecule has 0 bridgehead atoms. The van der Waals surface area contributed by atoms with E-state index in [-0.39, 0.29) is 27.0 Å². The Labute approximate surface area is 120 Å². The van der Waals surface area contributed by atoms with Crippen LogP contribution in [-0.2, 0) is 0 Å². The van der Waals surface area contributed by atoms with Crippen LogP contribution in [0.5, 0.6) is 0 Å². The molecule has 0 aromatic heterocycles. The average Bonchev–Trinajstić information content (AvgIpc) is 2.48. The maximum atomic E-state index is 11.9. The summed E-state index contributed by atoms with van der Waals surface area (Å²) in [5.74, 6) is -2.25. The number of carbonyl (C=O) groups excluding carboxylic acids is 2. The van der Waals surface area contributed by atoms with E-state index in [1.807, 2.05) is 0 Å². The van der Waals surface area contributed by atoms with E-state index in [1.165, 1.54) is 0 Å². The van der Waals surface area contributed by atoms with E-state index in [0.29, 0.717) is 0 Å². The van der Waals surface area contributed by atoms with Crippen molar-refractivity contribution < 1.29 is 24.6 Å². The second kappa shape index (κ2) is 4.30. The van der Waals surface area contributed by atoms with E-state index in [2.05, 4.69) is 0 Å². The number of carbonyl (C=O) groups is 2. The molecule has 0 atom stereocenters. The summed E-state index contributed by atoms with van der Waals surface area (Å²) in [7, 11) is 0. The molecule has 1 aliphatic heterocycles. The van der Waals surface area contributed by atoms with Crippen LogP contribution in [0.25, 0.3) is 10.8 Å². The molecular formula is C12H5N3O7. The third kappa shape index (κ3) is 1.71. The SMILES string of the molecule is O=C1c2cc([N+](=O)[O-])cc3cc([N+](=O)[O-])cc(c23)C(=O)N1O. The van der Waals surface area contributed by atoms with E-state index >= 15 is 0 Å². The van der Waals surface area contributed by atoms with Crippen molar-refractivity contribution in [2.45, 2.75) is 0 Å². The molecule has 3 rings (SSSR count). The van der Waals surface area contributed by atoms with E-state index in [1.54, 1.807) is 0 Å². The number of nitrogens with zero attached hydrogens (tertiary/aromatic N) is 3. The van der Waals surface area contributed by atoms with Crippen molar-refractivity contribution in [3.8, 4) is 0 Å². The van der Waals surface area contributed by atoms with Gasteiger partial charge in [-0.15, -0.1) is 5.06 Å². The van der Waals surface area contributed by atoms with Gasteiger partial charge in [-0.25, -0.2) is 0 Å². The highest BCUT2D eigenvalue weighted by molar-refractivity contribution is 6.25. The highest BCUT2D eigenvalue weighted by atomic mass is 16.6. The standard InChI is InChI=1S/C12H5N3O7/c16-11-8-3-6(14(19)20)1-5-2-7(15(21)22)4-9(10(5)8)12(17)13(11)18/h1-4,18H. The van der Waals surface area contributed by atoms with Gasteiger partial charge in [-0.1, -0.05) is 0 Å². The fourth-order valence-corrected chi connectivity index (χ4v) is 2.35. The Balaban J connectivity index is 2.50. The highest BCUT2D eigenvalue weighted by Crippen LogP contribution is 2.35. The second-order valence-electron chi connectivity index (χ2n) is 4.52. The number of hydrogen-bond acceptors (Lipinski definition) is 7. The first kappa shape index (κ1) is 13.6. The predicted octanol–water partition coefficient (Wildman–Crippen LogP) is 1.64. The summed E-state index contributed by atoms with van der Waals surface area (Å²) in [6.45, 7) is 0. The summed E-state index contributed by atoms with van der Waals surface area (Å²) in [5, 5.41) is 31.1. The Morgan fingerprint density at radius 2 is 1.27 bits per heavy atom. The van der Waals surface area contributed by atoms with E-state index < -0.39 is 33.0 Å². The molecule has 0 saturated heterocycles. The van der Waals surface area contributed by atoms with Crippen LogP contribution in [0.2, 0.25) is 0 Å². The van der Waals surface area contributed by atoms with Gasteiger partial charge in [0.25, 0.3) is 23.2 Å². The van der Waals surface area contributed by atoms with Crippen LogP contribution in [0.15, 0.2) is 24.3 Å². The molecule has 22 heavy (non-hydrogen) atoms. The van der Waals surface area contributed by atoms with E-state index in [9.17, 15) is 35.0 Å². The molecule has 0 unspecified atom stereocenters. The molecule has 1 aliphatic rings. The van der Waals surface area contributed by atoms with Gasteiger partial charge in [-0.05, 0) is 5.39 Å². The number of hydrogen-bond donors (Lipinski definition) is 1. The fourth-order valence-electron chi connectivity index (χ4n) is 2.35. The minimum atomic E-state index is -1.12. The molecule has 0 saturated carbocycles. The molecule has 110 valence electrons. The lowest BCUT2D eigenvalue weighted by molar-refractivity contribution is -0.385. The van der Waals surface area contributed by atoms with Crippen molar-refractivity contribution in [1.82, 2.24) is 5.06 Å². The lowest BCUT2D eigenvalue weighted by atomic mass is 9.93. The van der Waals surface area contributed by atoms with Crippen LogP contribution in [0.1, 0.15) is 20.7 Å². The second-order valence-corrected chi connectivity index (χ2v) is 4.52. The summed E-state index contributed by atoms with van der Waals surface area (Å²) in [6.07, 6.45) is 0. The first-order valence-electron chi connectivity index (χ1n) is 5.79. The average molecular weight is 303 g/mol. The number of nitro groups is 2. The third-order valence-electron chi connectivity index (χ3n) is 3.29. The molecule has 10 heteroatoms. The Morgan fingerprint density at radius 1 is 0.864 bits per heavy atom. The number of nitro benzene ring substituents is 2. The number of imide groups is 1. The third-order valence-corrected chi connectivity index (χ3v) is 3.29. The molecule has 2 aromatic rings. The maximum Gasteiger partial charge on any atom is 0.285 e. The van der Waals surface area contributed by atoms with Crippen LogP contribution in [0, 0.1) is 20.2 Å². The summed E-state index contributed by atoms with van der Waals surface area (Å²) in [6, 6.07) is 3.89. The van der Waals surface area contributed by atoms with Gasteiger partial charge in [-0.3, -0.25) is 35.0 Å². The highest BCUT2D eigenvalue weighted by Gasteiger charge is 2.35. The summed E-state index contributed by atoms with van der Waals surface area (Å²) in [4.78, 5) is 44.1. The quantitative estimate of drug-likeness (QED) is 0.384. The van der Waals surface area contributed by atoms with Crippen molar-refractivity contribution >= 4 is 34.0 Å². The molecule has 2 aromatic carbocycles. The van der Waals surface area contributed by atoms with Gasteiger partial charge in [-0.2, -0.15) is 0 Å².